The van der Waals surface area contributed by atoms with E-state index in [4.69, 9.17) is 0 Å². The number of amides is 1. The highest BCUT2D eigenvalue weighted by molar-refractivity contribution is 5.98. The minimum atomic E-state index is -4.73. The first kappa shape index (κ1) is 20.5. The van der Waals surface area contributed by atoms with Crippen LogP contribution in [0.5, 0.6) is 0 Å². The molecular formula is C16H18F3NO5. The molecule has 138 valence electrons. The van der Waals surface area contributed by atoms with E-state index in [1.54, 1.807) is 0 Å². The van der Waals surface area contributed by atoms with E-state index in [0.29, 0.717) is 0 Å². The van der Waals surface area contributed by atoms with Crippen LogP contribution in [0.25, 0.3) is 0 Å². The Hall–Kier alpha value is -2.58. The Morgan fingerprint density at radius 3 is 2.16 bits per heavy atom. The number of esters is 2. The van der Waals surface area contributed by atoms with Crippen LogP contribution in [0.1, 0.15) is 29.3 Å². The molecule has 1 aromatic carbocycles. The van der Waals surface area contributed by atoms with Crippen LogP contribution in [0.3, 0.4) is 0 Å². The SMILES string of the molecule is COC(=O)[C@H](C)C[C@H](NC(=O)c1ccccc1C(F)(F)F)C(=O)OC. The Labute approximate surface area is 142 Å². The van der Waals surface area contributed by atoms with Crippen molar-refractivity contribution in [1.82, 2.24) is 5.32 Å². The molecule has 1 rings (SSSR count). The van der Waals surface area contributed by atoms with Crippen LogP contribution in [0.4, 0.5) is 13.2 Å². The number of hydrogen-bond donors (Lipinski definition) is 1. The molecule has 9 heteroatoms. The third-order valence-electron chi connectivity index (χ3n) is 3.46. The van der Waals surface area contributed by atoms with E-state index in [1.807, 2.05) is 0 Å². The summed E-state index contributed by atoms with van der Waals surface area (Å²) in [5, 5.41) is 2.19. The fourth-order valence-electron chi connectivity index (χ4n) is 2.17. The number of hydrogen-bond acceptors (Lipinski definition) is 5. The lowest BCUT2D eigenvalue weighted by Gasteiger charge is -2.20. The molecule has 0 radical (unpaired) electrons. The van der Waals surface area contributed by atoms with Gasteiger partial charge in [-0.15, -0.1) is 0 Å². The zero-order chi connectivity index (χ0) is 19.2. The molecule has 0 saturated heterocycles. The van der Waals surface area contributed by atoms with Gasteiger partial charge >= 0.3 is 18.1 Å². The number of halogens is 3. The van der Waals surface area contributed by atoms with Gasteiger partial charge in [-0.3, -0.25) is 9.59 Å². The molecule has 0 aliphatic carbocycles. The molecule has 0 saturated carbocycles. The first-order valence-electron chi connectivity index (χ1n) is 7.24. The highest BCUT2D eigenvalue weighted by Gasteiger charge is 2.36. The molecule has 0 aliphatic rings. The average molecular weight is 361 g/mol. The minimum Gasteiger partial charge on any atom is -0.469 e. The highest BCUT2D eigenvalue weighted by atomic mass is 19.4. The number of nitrogens with one attached hydrogen (secondary N) is 1. The Bertz CT molecular complexity index is 645. The van der Waals surface area contributed by atoms with Gasteiger partial charge in [0.2, 0.25) is 0 Å². The van der Waals surface area contributed by atoms with E-state index in [0.717, 1.165) is 32.4 Å². The van der Waals surface area contributed by atoms with E-state index in [2.05, 4.69) is 14.8 Å². The van der Waals surface area contributed by atoms with Gasteiger partial charge in [0.1, 0.15) is 6.04 Å². The average Bonchev–Trinajstić information content (AvgIpc) is 2.58. The van der Waals surface area contributed by atoms with Crippen LogP contribution in [0.2, 0.25) is 0 Å². The molecule has 1 amide bonds. The predicted octanol–water partition coefficient (Wildman–Crippen LogP) is 2.18. The first-order valence-corrected chi connectivity index (χ1v) is 7.24. The molecule has 0 unspecified atom stereocenters. The molecule has 0 spiro atoms. The largest absolute Gasteiger partial charge is 0.469 e. The molecule has 0 fully saturated rings. The summed E-state index contributed by atoms with van der Waals surface area (Å²) in [5.74, 6) is -3.37. The van der Waals surface area contributed by atoms with Crippen molar-refractivity contribution in [2.45, 2.75) is 25.6 Å². The fraction of sp³-hybridized carbons (Fsp3) is 0.438. The standard InChI is InChI=1S/C16H18F3NO5/c1-9(14(22)24-2)8-12(15(23)25-3)20-13(21)10-6-4-5-7-11(10)16(17,18)19/h4-7,9,12H,8H2,1-3H3,(H,20,21)/t9-,12+/m1/s1. The van der Waals surface area contributed by atoms with E-state index in [9.17, 15) is 27.6 Å². The highest BCUT2D eigenvalue weighted by Crippen LogP contribution is 2.31. The van der Waals surface area contributed by atoms with Crippen LogP contribution in [0.15, 0.2) is 24.3 Å². The number of carbonyl (C=O) groups excluding carboxylic acids is 3. The van der Waals surface area contributed by atoms with Gasteiger partial charge in [-0.2, -0.15) is 13.2 Å². The molecule has 25 heavy (non-hydrogen) atoms. The van der Waals surface area contributed by atoms with Crippen LogP contribution in [-0.4, -0.2) is 38.1 Å². The lowest BCUT2D eigenvalue weighted by molar-refractivity contribution is -0.147. The van der Waals surface area contributed by atoms with Crippen molar-refractivity contribution in [3.63, 3.8) is 0 Å². The summed E-state index contributed by atoms with van der Waals surface area (Å²) >= 11 is 0. The minimum absolute atomic E-state index is 0.181. The van der Waals surface area contributed by atoms with Gasteiger partial charge < -0.3 is 14.8 Å². The predicted molar refractivity (Wildman–Crippen MR) is 80.5 cm³/mol. The zero-order valence-corrected chi connectivity index (χ0v) is 13.8. The maximum absolute atomic E-state index is 13.0. The number of alkyl halides is 3. The van der Waals surface area contributed by atoms with Crippen LogP contribution < -0.4 is 5.32 Å². The maximum Gasteiger partial charge on any atom is 0.417 e. The lowest BCUT2D eigenvalue weighted by atomic mass is 10.0. The van der Waals surface area contributed by atoms with E-state index in [1.165, 1.54) is 13.0 Å². The number of ether oxygens (including phenoxy) is 2. The van der Waals surface area contributed by atoms with Gasteiger partial charge in [0, 0.05) is 0 Å². The van der Waals surface area contributed by atoms with Crippen molar-refractivity contribution in [2.75, 3.05) is 14.2 Å². The molecule has 0 heterocycles. The monoisotopic (exact) mass is 361 g/mol. The summed E-state index contributed by atoms with van der Waals surface area (Å²) in [6.45, 7) is 1.46. The van der Waals surface area contributed by atoms with Crippen molar-refractivity contribution in [3.05, 3.63) is 35.4 Å². The van der Waals surface area contributed by atoms with Crippen LogP contribution in [0, 0.1) is 5.92 Å². The number of rotatable bonds is 6. The van der Waals surface area contributed by atoms with Gasteiger partial charge in [-0.1, -0.05) is 19.1 Å². The van der Waals surface area contributed by atoms with Gasteiger partial charge in [-0.25, -0.2) is 4.79 Å². The fourth-order valence-corrected chi connectivity index (χ4v) is 2.17. The normalized spacial score (nSPS) is 13.5. The van der Waals surface area contributed by atoms with Gasteiger partial charge in [-0.05, 0) is 18.6 Å². The first-order chi connectivity index (χ1) is 11.6. The second-order valence-corrected chi connectivity index (χ2v) is 5.25. The second kappa shape index (κ2) is 8.50. The third kappa shape index (κ3) is 5.47. The maximum atomic E-state index is 13.0. The summed E-state index contributed by atoms with van der Waals surface area (Å²) in [6.07, 6.45) is -4.91. The van der Waals surface area contributed by atoms with Gasteiger partial charge in [0.25, 0.3) is 5.91 Å². The quantitative estimate of drug-likeness (QED) is 0.786. The summed E-state index contributed by atoms with van der Waals surface area (Å²) < 4.78 is 48.1. The lowest BCUT2D eigenvalue weighted by Crippen LogP contribution is -2.43. The summed E-state index contributed by atoms with van der Waals surface area (Å²) in [5.41, 5.74) is -1.76. The van der Waals surface area contributed by atoms with Crippen molar-refractivity contribution in [2.24, 2.45) is 5.92 Å². The Kier molecular flexibility index (Phi) is 6.96. The summed E-state index contributed by atoms with van der Waals surface area (Å²) in [7, 11) is 2.22. The number of methoxy groups -OCH3 is 2. The van der Waals surface area contributed by atoms with Crippen LogP contribution in [-0.2, 0) is 25.2 Å². The summed E-state index contributed by atoms with van der Waals surface area (Å²) in [6, 6.07) is 2.88. The molecule has 6 nitrogen and oxygen atoms in total. The molecule has 0 bridgehead atoms. The molecule has 0 aliphatic heterocycles. The van der Waals surface area contributed by atoms with E-state index in [-0.39, 0.29) is 6.42 Å². The summed E-state index contributed by atoms with van der Waals surface area (Å²) in [4.78, 5) is 35.5. The smallest absolute Gasteiger partial charge is 0.417 e. The van der Waals surface area contributed by atoms with Gasteiger partial charge in [0.15, 0.2) is 0 Å². The van der Waals surface area contributed by atoms with Crippen molar-refractivity contribution >= 4 is 17.8 Å². The topological polar surface area (TPSA) is 81.7 Å². The number of benzene rings is 1. The van der Waals surface area contributed by atoms with Crippen LogP contribution >= 0.6 is 0 Å². The van der Waals surface area contributed by atoms with Crippen molar-refractivity contribution in [1.29, 1.82) is 0 Å². The molecule has 0 aromatic heterocycles. The zero-order valence-electron chi connectivity index (χ0n) is 13.8. The Morgan fingerprint density at radius 2 is 1.64 bits per heavy atom. The molecule has 2 atom stereocenters. The Balaban J connectivity index is 3.04. The number of carbonyl (C=O) groups is 3. The van der Waals surface area contributed by atoms with Crippen molar-refractivity contribution < 1.29 is 37.0 Å². The third-order valence-corrected chi connectivity index (χ3v) is 3.46. The second-order valence-electron chi connectivity index (χ2n) is 5.25. The van der Waals surface area contributed by atoms with Gasteiger partial charge in [0.05, 0.1) is 31.3 Å². The molecule has 1 aromatic rings. The van der Waals surface area contributed by atoms with E-state index >= 15 is 0 Å². The molecular weight excluding hydrogens is 343 g/mol. The van der Waals surface area contributed by atoms with E-state index < -0.39 is 47.1 Å². The Morgan fingerprint density at radius 1 is 1.08 bits per heavy atom. The molecule has 1 N–H and O–H groups in total. The van der Waals surface area contributed by atoms with Crippen molar-refractivity contribution in [3.8, 4) is 0 Å².